The lowest BCUT2D eigenvalue weighted by molar-refractivity contribution is -0.140. The topological polar surface area (TPSA) is 155 Å². The van der Waals surface area contributed by atoms with E-state index < -0.39 is 33.9 Å². The molecule has 0 bridgehead atoms. The van der Waals surface area contributed by atoms with Gasteiger partial charge in [-0.25, -0.2) is 8.42 Å². The lowest BCUT2D eigenvalue weighted by Crippen LogP contribution is -2.44. The Morgan fingerprint density at radius 3 is 2.10 bits per heavy atom. The van der Waals surface area contributed by atoms with Gasteiger partial charge in [-0.1, -0.05) is 44.2 Å². The van der Waals surface area contributed by atoms with Gasteiger partial charge in [-0.3, -0.25) is 14.4 Å². The van der Waals surface area contributed by atoms with Gasteiger partial charge in [0.05, 0.1) is 10.6 Å². The molecule has 11 heteroatoms. The first-order valence-electron chi connectivity index (χ1n) is 13.5. The highest BCUT2D eigenvalue weighted by Gasteiger charge is 2.31. The molecule has 0 radical (unpaired) electrons. The van der Waals surface area contributed by atoms with Gasteiger partial charge < -0.3 is 20.2 Å². The number of nitrogens with one attached hydrogen (secondary N) is 3. The summed E-state index contributed by atoms with van der Waals surface area (Å²) in [5, 5.41) is 15.8. The molecule has 1 heterocycles. The summed E-state index contributed by atoms with van der Waals surface area (Å²) < 4.78 is 33.5. The first kappa shape index (κ1) is 29.0. The summed E-state index contributed by atoms with van der Waals surface area (Å²) in [7, 11) is -4.03. The minimum Gasteiger partial charge on any atom is -0.480 e. The Kier molecular flexibility index (Phi) is 7.89. The fourth-order valence-electron chi connectivity index (χ4n) is 4.67. The number of rotatable bonds is 10. The Bertz CT molecular complexity index is 1770. The van der Waals surface area contributed by atoms with E-state index in [0.717, 1.165) is 24.0 Å². The minimum absolute atomic E-state index is 0.0277. The second kappa shape index (κ2) is 11.4. The Hall–Kier alpha value is -4.48. The summed E-state index contributed by atoms with van der Waals surface area (Å²) in [6.45, 7) is 5.03. The number of carboxylic acid groups (broad SMARTS) is 1. The quantitative estimate of drug-likeness (QED) is 0.193. The van der Waals surface area contributed by atoms with Crippen LogP contribution in [0.2, 0.25) is 0 Å². The second-order valence-corrected chi connectivity index (χ2v) is 12.4. The fraction of sp³-hybridized carbons (Fsp3) is 0.258. The molecule has 2 amide bonds. The maximum Gasteiger partial charge on any atom is 0.322 e. The zero-order chi connectivity index (χ0) is 30.2. The maximum absolute atomic E-state index is 13.1. The van der Waals surface area contributed by atoms with Crippen LogP contribution in [0, 0.1) is 18.8 Å². The van der Waals surface area contributed by atoms with Gasteiger partial charge in [-0.15, -0.1) is 0 Å². The van der Waals surface area contributed by atoms with Crippen LogP contribution < -0.4 is 15.4 Å². The first-order chi connectivity index (χ1) is 19.9. The molecule has 4 N–H and O–H groups in total. The third-order valence-electron chi connectivity index (χ3n) is 7.22. The van der Waals surface area contributed by atoms with Gasteiger partial charge in [0.15, 0.2) is 5.76 Å². The van der Waals surface area contributed by atoms with Gasteiger partial charge in [-0.05, 0) is 73.2 Å². The van der Waals surface area contributed by atoms with E-state index >= 15 is 0 Å². The molecule has 0 saturated heterocycles. The number of anilines is 2. The van der Waals surface area contributed by atoms with Crippen molar-refractivity contribution in [2.24, 2.45) is 11.8 Å². The number of hydrogen-bond acceptors (Lipinski definition) is 6. The number of aliphatic carboxylic acids is 1. The van der Waals surface area contributed by atoms with E-state index in [-0.39, 0.29) is 22.5 Å². The summed E-state index contributed by atoms with van der Waals surface area (Å²) >= 11 is 0. The van der Waals surface area contributed by atoms with Crippen molar-refractivity contribution in [2.45, 2.75) is 44.6 Å². The first-order valence-corrected chi connectivity index (χ1v) is 15.0. The zero-order valence-corrected chi connectivity index (χ0v) is 24.1. The largest absolute Gasteiger partial charge is 0.480 e. The molecular formula is C31H31N3O7S. The van der Waals surface area contributed by atoms with E-state index in [0.29, 0.717) is 27.9 Å². The second-order valence-electron chi connectivity index (χ2n) is 10.7. The number of sulfonamides is 1. The smallest absolute Gasteiger partial charge is 0.322 e. The Morgan fingerprint density at radius 2 is 1.52 bits per heavy atom. The lowest BCUT2D eigenvalue weighted by atomic mass is 10.1. The van der Waals surface area contributed by atoms with Crippen LogP contribution in [0.4, 0.5) is 11.4 Å². The van der Waals surface area contributed by atoms with Crippen LogP contribution >= 0.6 is 0 Å². The minimum atomic E-state index is -4.03. The number of benzene rings is 3. The van der Waals surface area contributed by atoms with Gasteiger partial charge >= 0.3 is 5.97 Å². The van der Waals surface area contributed by atoms with Crippen LogP contribution in [0.3, 0.4) is 0 Å². The van der Waals surface area contributed by atoms with Crippen LogP contribution in [0.15, 0.2) is 76.0 Å². The summed E-state index contributed by atoms with van der Waals surface area (Å²) in [5.74, 6) is -1.94. The summed E-state index contributed by atoms with van der Waals surface area (Å²) in [6, 6.07) is 17.2. The van der Waals surface area contributed by atoms with Crippen molar-refractivity contribution in [1.29, 1.82) is 0 Å². The number of furan rings is 1. The van der Waals surface area contributed by atoms with E-state index in [9.17, 15) is 27.9 Å². The van der Waals surface area contributed by atoms with E-state index in [4.69, 9.17) is 4.42 Å². The van der Waals surface area contributed by atoms with Crippen LogP contribution in [0.25, 0.3) is 22.1 Å². The average molecular weight is 590 g/mol. The number of carboxylic acids is 1. The number of fused-ring (bicyclic) bond motifs is 1. The van der Waals surface area contributed by atoms with Crippen molar-refractivity contribution in [3.63, 3.8) is 0 Å². The summed E-state index contributed by atoms with van der Waals surface area (Å²) in [5.41, 5.74) is 3.79. The predicted molar refractivity (Wildman–Crippen MR) is 159 cm³/mol. The normalized spacial score (nSPS) is 14.1. The summed E-state index contributed by atoms with van der Waals surface area (Å²) in [6.07, 6.45) is 1.77. The predicted octanol–water partition coefficient (Wildman–Crippen LogP) is 5.40. The molecule has 0 spiro atoms. The average Bonchev–Trinajstić information content (AvgIpc) is 3.75. The third kappa shape index (κ3) is 6.07. The molecule has 42 heavy (non-hydrogen) atoms. The molecule has 1 aromatic heterocycles. The van der Waals surface area contributed by atoms with Crippen molar-refractivity contribution in [2.75, 3.05) is 10.6 Å². The number of amides is 2. The highest BCUT2D eigenvalue weighted by atomic mass is 32.2. The highest BCUT2D eigenvalue weighted by Crippen LogP contribution is 2.35. The van der Waals surface area contributed by atoms with Crippen molar-refractivity contribution >= 4 is 50.2 Å². The molecule has 0 unspecified atom stereocenters. The Morgan fingerprint density at radius 1 is 0.905 bits per heavy atom. The van der Waals surface area contributed by atoms with Crippen LogP contribution in [-0.2, 0) is 19.6 Å². The lowest BCUT2D eigenvalue weighted by Gasteiger charge is -2.18. The van der Waals surface area contributed by atoms with Gasteiger partial charge in [0.25, 0.3) is 5.91 Å². The molecule has 3 aromatic carbocycles. The van der Waals surface area contributed by atoms with E-state index in [1.54, 1.807) is 75.4 Å². The van der Waals surface area contributed by atoms with Crippen molar-refractivity contribution in [3.8, 4) is 11.1 Å². The van der Waals surface area contributed by atoms with Gasteiger partial charge in [-0.2, -0.15) is 4.72 Å². The molecule has 218 valence electrons. The fourth-order valence-corrected chi connectivity index (χ4v) is 6.01. The number of carbonyl (C=O) groups excluding carboxylic acids is 2. The SMILES string of the molecule is Cc1c(C(=O)Nc2ccc(-c3ccc(S(=O)(=O)N[C@H](C(=O)O)C(C)C)cc3)cc2)oc2cccc(NC(=O)C3CC3)c12. The summed E-state index contributed by atoms with van der Waals surface area (Å²) in [4.78, 5) is 36.8. The molecule has 1 fully saturated rings. The van der Waals surface area contributed by atoms with E-state index in [2.05, 4.69) is 15.4 Å². The maximum atomic E-state index is 13.1. The van der Waals surface area contributed by atoms with Gasteiger partial charge in [0, 0.05) is 22.6 Å². The van der Waals surface area contributed by atoms with Crippen molar-refractivity contribution < 1.29 is 32.3 Å². The van der Waals surface area contributed by atoms with Crippen LogP contribution in [0.1, 0.15) is 42.8 Å². The van der Waals surface area contributed by atoms with E-state index in [1.807, 2.05) is 0 Å². The zero-order valence-electron chi connectivity index (χ0n) is 23.3. The molecule has 1 aliphatic carbocycles. The Labute approximate surface area is 243 Å². The molecule has 1 saturated carbocycles. The molecule has 1 aliphatic rings. The van der Waals surface area contributed by atoms with Gasteiger partial charge in [0.2, 0.25) is 15.9 Å². The molecule has 0 aliphatic heterocycles. The number of carbonyl (C=O) groups is 3. The number of hydrogen-bond donors (Lipinski definition) is 4. The highest BCUT2D eigenvalue weighted by molar-refractivity contribution is 7.89. The standard InChI is InChI=1S/C31H31N3O7S/c1-17(2)27(31(37)38)34-42(39,40)23-15-11-20(12-16-23)19-9-13-22(14-10-19)32-30(36)28-18(3)26-24(5-4-6-25(26)41-28)33-29(35)21-7-8-21/h4-6,9-17,21,27,34H,7-8H2,1-3H3,(H,32,36)(H,33,35)(H,37,38)/t27-/m0/s1. The van der Waals surface area contributed by atoms with Crippen molar-refractivity contribution in [1.82, 2.24) is 4.72 Å². The van der Waals surface area contributed by atoms with Gasteiger partial charge in [0.1, 0.15) is 11.6 Å². The Balaban J connectivity index is 1.28. The van der Waals surface area contributed by atoms with E-state index in [1.165, 1.54) is 12.1 Å². The monoisotopic (exact) mass is 589 g/mol. The number of aryl methyl sites for hydroxylation is 1. The van der Waals surface area contributed by atoms with Crippen LogP contribution in [-0.4, -0.2) is 37.3 Å². The van der Waals surface area contributed by atoms with Crippen molar-refractivity contribution in [3.05, 3.63) is 78.1 Å². The molecule has 4 aromatic rings. The molecule has 1 atom stereocenters. The third-order valence-corrected chi connectivity index (χ3v) is 8.68. The molecular weight excluding hydrogens is 558 g/mol. The molecule has 5 rings (SSSR count). The molecule has 10 nitrogen and oxygen atoms in total. The van der Waals surface area contributed by atoms with Crippen LogP contribution in [0.5, 0.6) is 0 Å².